The number of ether oxygens (including phenoxy) is 3. The van der Waals surface area contributed by atoms with Crippen LogP contribution in [0.5, 0.6) is 11.5 Å². The van der Waals surface area contributed by atoms with Crippen molar-refractivity contribution >= 4 is 5.97 Å². The minimum Gasteiger partial charge on any atom is -0.493 e. The topological polar surface area (TPSA) is 60.9 Å². The van der Waals surface area contributed by atoms with Crippen molar-refractivity contribution in [1.29, 1.82) is 0 Å². The Labute approximate surface area is 177 Å². The van der Waals surface area contributed by atoms with Crippen molar-refractivity contribution in [2.45, 2.75) is 37.6 Å². The van der Waals surface area contributed by atoms with Gasteiger partial charge in [0.15, 0.2) is 17.2 Å². The van der Waals surface area contributed by atoms with Gasteiger partial charge in [-0.3, -0.25) is 0 Å². The minimum absolute atomic E-state index is 0.0366. The number of hydrogen-bond donors (Lipinski definition) is 0. The molecule has 0 spiro atoms. The summed E-state index contributed by atoms with van der Waals surface area (Å²) in [7, 11) is 5.45. The highest BCUT2D eigenvalue weighted by Crippen LogP contribution is 2.49. The first kappa shape index (κ1) is 20.4. The number of likely N-dealkylation sites (N-methyl/N-ethyl adjacent to an activating group) is 1. The first-order valence-corrected chi connectivity index (χ1v) is 10.2. The molecule has 0 radical (unpaired) electrons. The number of benzene rings is 1. The smallest absolute Gasteiger partial charge is 0.362 e. The molecule has 4 rings (SSSR count). The van der Waals surface area contributed by atoms with E-state index in [9.17, 15) is 4.79 Å². The molecule has 6 nitrogen and oxygen atoms in total. The van der Waals surface area contributed by atoms with E-state index >= 15 is 0 Å². The molecule has 0 amide bonds. The second-order valence-corrected chi connectivity index (χ2v) is 8.11. The third kappa shape index (κ3) is 3.45. The number of pyridine rings is 1. The summed E-state index contributed by atoms with van der Waals surface area (Å²) in [5.41, 5.74) is 2.38. The van der Waals surface area contributed by atoms with Crippen molar-refractivity contribution in [1.82, 2.24) is 9.88 Å². The Morgan fingerprint density at radius 3 is 2.73 bits per heavy atom. The molecule has 158 valence electrons. The number of aryl methyl sites for hydroxylation is 1. The molecule has 2 aliphatic rings. The molecule has 30 heavy (non-hydrogen) atoms. The average molecular weight is 408 g/mol. The Kier molecular flexibility index (Phi) is 5.52. The molecule has 0 N–H and O–H groups in total. The van der Waals surface area contributed by atoms with Gasteiger partial charge < -0.3 is 19.1 Å². The lowest BCUT2D eigenvalue weighted by Gasteiger charge is -2.40. The largest absolute Gasteiger partial charge is 0.493 e. The molecule has 1 saturated heterocycles. The van der Waals surface area contributed by atoms with Gasteiger partial charge in [-0.2, -0.15) is 0 Å². The van der Waals surface area contributed by atoms with Crippen molar-refractivity contribution in [3.05, 3.63) is 65.2 Å². The van der Waals surface area contributed by atoms with Crippen molar-refractivity contribution in [3.63, 3.8) is 0 Å². The van der Waals surface area contributed by atoms with Crippen LogP contribution < -0.4 is 9.47 Å². The molecule has 0 saturated carbocycles. The highest BCUT2D eigenvalue weighted by molar-refractivity contribution is 5.89. The third-order valence-electron chi connectivity index (χ3n) is 6.55. The van der Waals surface area contributed by atoms with Crippen LogP contribution in [0, 0.1) is 6.92 Å². The lowest BCUT2D eigenvalue weighted by atomic mass is 9.68. The zero-order valence-electron chi connectivity index (χ0n) is 18.0. The lowest BCUT2D eigenvalue weighted by Crippen LogP contribution is -2.43. The second kappa shape index (κ2) is 8.11. The highest BCUT2D eigenvalue weighted by Gasteiger charge is 2.49. The Bertz CT molecular complexity index is 987. The summed E-state index contributed by atoms with van der Waals surface area (Å²) >= 11 is 0. The number of esters is 1. The van der Waals surface area contributed by atoms with Crippen molar-refractivity contribution < 1.29 is 19.0 Å². The highest BCUT2D eigenvalue weighted by atomic mass is 16.5. The van der Waals surface area contributed by atoms with E-state index in [0.29, 0.717) is 12.1 Å². The number of carbonyl (C=O) groups excluding carboxylic acids is 1. The van der Waals surface area contributed by atoms with Gasteiger partial charge in [-0.25, -0.2) is 9.78 Å². The first-order chi connectivity index (χ1) is 14.5. The predicted molar refractivity (Wildman–Crippen MR) is 114 cm³/mol. The van der Waals surface area contributed by atoms with Gasteiger partial charge in [0, 0.05) is 24.1 Å². The van der Waals surface area contributed by atoms with Crippen LogP contribution in [0.4, 0.5) is 0 Å². The summed E-state index contributed by atoms with van der Waals surface area (Å²) in [5.74, 6) is 1.80. The van der Waals surface area contributed by atoms with E-state index in [2.05, 4.69) is 35.1 Å². The quantitative estimate of drug-likeness (QED) is 0.700. The van der Waals surface area contributed by atoms with Gasteiger partial charge in [-0.15, -0.1) is 0 Å². The lowest BCUT2D eigenvalue weighted by molar-refractivity contribution is 0.0572. The normalized spacial score (nSPS) is 23.5. The van der Waals surface area contributed by atoms with Crippen molar-refractivity contribution in [2.75, 3.05) is 27.8 Å². The zero-order valence-corrected chi connectivity index (χ0v) is 18.0. The van der Waals surface area contributed by atoms with Crippen LogP contribution in [0.25, 0.3) is 0 Å². The summed E-state index contributed by atoms with van der Waals surface area (Å²) in [6, 6.07) is 10.1. The third-order valence-corrected chi connectivity index (χ3v) is 6.55. The molecular weight excluding hydrogens is 380 g/mol. The molecule has 1 fully saturated rings. The number of likely N-dealkylation sites (tertiary alicyclic amines) is 1. The maximum atomic E-state index is 12.6. The Balaban J connectivity index is 1.62. The number of fused-ring (bicyclic) bond motifs is 1. The molecule has 2 atom stereocenters. The number of rotatable bonds is 5. The Hall–Kier alpha value is -2.86. The summed E-state index contributed by atoms with van der Waals surface area (Å²) in [6.45, 7) is 2.86. The van der Waals surface area contributed by atoms with Gasteiger partial charge in [0.25, 0.3) is 0 Å². The summed E-state index contributed by atoms with van der Waals surface area (Å²) in [4.78, 5) is 19.2. The van der Waals surface area contributed by atoms with E-state index in [1.54, 1.807) is 20.4 Å². The van der Waals surface area contributed by atoms with Crippen LogP contribution in [0.15, 0.2) is 48.4 Å². The van der Waals surface area contributed by atoms with Crippen LogP contribution >= 0.6 is 0 Å². The van der Waals surface area contributed by atoms with E-state index in [0.717, 1.165) is 42.2 Å². The van der Waals surface area contributed by atoms with E-state index < -0.39 is 5.97 Å². The monoisotopic (exact) mass is 408 g/mol. The molecule has 1 aromatic heterocycles. The molecule has 2 aromatic rings. The van der Waals surface area contributed by atoms with Crippen LogP contribution in [-0.4, -0.2) is 49.7 Å². The number of carbonyl (C=O) groups is 1. The number of nitrogens with zero attached hydrogens (tertiary/aromatic N) is 2. The SMILES string of the molecule is COc1ccc(C23CC=C(OC(=O)c4ncccc4C)CC2N(C)CC3)cc1OC. The fraction of sp³-hybridized carbons (Fsp3) is 0.417. The predicted octanol–water partition coefficient (Wildman–Crippen LogP) is 3.88. The molecule has 1 aliphatic carbocycles. The molecule has 1 aliphatic heterocycles. The summed E-state index contributed by atoms with van der Waals surface area (Å²) in [5, 5.41) is 0. The minimum atomic E-state index is -0.390. The molecule has 0 bridgehead atoms. The maximum Gasteiger partial charge on any atom is 0.362 e. The van der Waals surface area contributed by atoms with Gasteiger partial charge in [-0.05, 0) is 68.8 Å². The van der Waals surface area contributed by atoms with Gasteiger partial charge in [0.05, 0.1) is 14.2 Å². The number of aromatic nitrogens is 1. The Morgan fingerprint density at radius 2 is 2.00 bits per heavy atom. The van der Waals surface area contributed by atoms with Crippen LogP contribution in [0.3, 0.4) is 0 Å². The molecular formula is C24H28N2O4. The molecule has 2 heterocycles. The van der Waals surface area contributed by atoms with E-state index in [4.69, 9.17) is 14.2 Å². The summed E-state index contributed by atoms with van der Waals surface area (Å²) in [6.07, 6.45) is 6.22. The van der Waals surface area contributed by atoms with Crippen molar-refractivity contribution in [2.24, 2.45) is 0 Å². The average Bonchev–Trinajstić information content (AvgIpc) is 3.10. The molecule has 6 heteroatoms. The maximum absolute atomic E-state index is 12.6. The summed E-state index contributed by atoms with van der Waals surface area (Å²) < 4.78 is 16.7. The molecule has 2 unspecified atom stereocenters. The van der Waals surface area contributed by atoms with E-state index in [-0.39, 0.29) is 11.5 Å². The Morgan fingerprint density at radius 1 is 1.20 bits per heavy atom. The second-order valence-electron chi connectivity index (χ2n) is 8.11. The van der Waals surface area contributed by atoms with Crippen molar-refractivity contribution in [3.8, 4) is 11.5 Å². The van der Waals surface area contributed by atoms with Gasteiger partial charge in [0.2, 0.25) is 0 Å². The fourth-order valence-corrected chi connectivity index (χ4v) is 4.83. The van der Waals surface area contributed by atoms with Crippen LogP contribution in [0.1, 0.15) is 40.9 Å². The number of hydrogen-bond acceptors (Lipinski definition) is 6. The standard InChI is InChI=1S/C24H28N2O4/c1-16-6-5-12-25-22(16)23(27)30-18-9-10-24(11-13-26(2)21(24)15-18)17-7-8-19(28-3)20(14-17)29-4/h5-9,12,14,21H,10-11,13,15H2,1-4H3. The fourth-order valence-electron chi connectivity index (χ4n) is 4.83. The molecule has 1 aromatic carbocycles. The van der Waals surface area contributed by atoms with E-state index in [1.807, 2.05) is 25.1 Å². The number of allylic oxidation sites excluding steroid dienone is 1. The van der Waals surface area contributed by atoms with E-state index in [1.165, 1.54) is 5.56 Å². The van der Waals surface area contributed by atoms with Crippen LogP contribution in [-0.2, 0) is 10.2 Å². The first-order valence-electron chi connectivity index (χ1n) is 10.2. The van der Waals surface area contributed by atoms with Gasteiger partial charge >= 0.3 is 5.97 Å². The van der Waals surface area contributed by atoms with Gasteiger partial charge in [0.1, 0.15) is 5.76 Å². The number of methoxy groups -OCH3 is 2. The zero-order chi connectivity index (χ0) is 21.3. The van der Waals surface area contributed by atoms with Crippen LogP contribution in [0.2, 0.25) is 0 Å². The van der Waals surface area contributed by atoms with Gasteiger partial charge in [-0.1, -0.05) is 12.1 Å².